The molecule has 29 heavy (non-hydrogen) atoms. The van der Waals surface area contributed by atoms with Crippen LogP contribution in [0.25, 0.3) is 22.6 Å². The lowest BCUT2D eigenvalue weighted by atomic mass is 10.2. The molecular weight excluding hydrogens is 364 g/mol. The maximum Gasteiger partial charge on any atom is 0.255 e. The highest BCUT2D eigenvalue weighted by atomic mass is 16.3. The summed E-state index contributed by atoms with van der Waals surface area (Å²) in [5, 5.41) is 2.88. The fourth-order valence-corrected chi connectivity index (χ4v) is 3.24. The van der Waals surface area contributed by atoms with Crippen LogP contribution in [-0.4, -0.2) is 29.0 Å². The van der Waals surface area contributed by atoms with Crippen molar-refractivity contribution < 1.29 is 9.21 Å². The van der Waals surface area contributed by atoms with E-state index >= 15 is 0 Å². The van der Waals surface area contributed by atoms with Crippen LogP contribution in [0.3, 0.4) is 0 Å². The Labute approximate surface area is 169 Å². The number of nitrogens with one attached hydrogen (secondary N) is 1. The highest BCUT2D eigenvalue weighted by molar-refractivity contribution is 6.04. The normalized spacial score (nSPS) is 10.8. The quantitative estimate of drug-likeness (QED) is 0.505. The molecule has 0 radical (unpaired) electrons. The molecular formula is C23H22N4O2. The van der Waals surface area contributed by atoms with Crippen molar-refractivity contribution in [3.05, 3.63) is 72.6 Å². The van der Waals surface area contributed by atoms with Gasteiger partial charge in [0.2, 0.25) is 5.89 Å². The van der Waals surface area contributed by atoms with Crippen molar-refractivity contribution in [1.82, 2.24) is 9.97 Å². The van der Waals surface area contributed by atoms with Gasteiger partial charge in [-0.3, -0.25) is 9.78 Å². The number of nitrogens with zero attached hydrogens (tertiary/aromatic N) is 3. The summed E-state index contributed by atoms with van der Waals surface area (Å²) in [5.41, 5.74) is 4.68. The van der Waals surface area contributed by atoms with Crippen molar-refractivity contribution in [2.45, 2.75) is 13.8 Å². The first kappa shape index (κ1) is 18.7. The summed E-state index contributed by atoms with van der Waals surface area (Å²) in [7, 11) is 0. The van der Waals surface area contributed by atoms with E-state index in [0.29, 0.717) is 28.2 Å². The number of carbonyl (C=O) groups is 1. The van der Waals surface area contributed by atoms with Gasteiger partial charge in [0.1, 0.15) is 5.52 Å². The Morgan fingerprint density at radius 2 is 1.72 bits per heavy atom. The van der Waals surface area contributed by atoms with E-state index in [-0.39, 0.29) is 5.91 Å². The second-order valence-corrected chi connectivity index (χ2v) is 6.61. The van der Waals surface area contributed by atoms with Crippen LogP contribution >= 0.6 is 0 Å². The maximum atomic E-state index is 12.3. The van der Waals surface area contributed by atoms with Crippen LogP contribution in [0.1, 0.15) is 24.2 Å². The molecule has 1 N–H and O–H groups in total. The van der Waals surface area contributed by atoms with E-state index in [4.69, 9.17) is 4.42 Å². The number of rotatable bonds is 6. The van der Waals surface area contributed by atoms with Crippen molar-refractivity contribution in [2.24, 2.45) is 0 Å². The largest absolute Gasteiger partial charge is 0.436 e. The van der Waals surface area contributed by atoms with Crippen LogP contribution in [0.15, 0.2) is 71.4 Å². The first-order chi connectivity index (χ1) is 14.2. The van der Waals surface area contributed by atoms with Crippen LogP contribution in [0, 0.1) is 0 Å². The standard InChI is InChI=1S/C23H22N4O2/c1-3-27(4-2)19-8-5-17(6-9-19)23-26-20-15-18(7-10-21(20)29-23)25-22(28)16-11-13-24-14-12-16/h5-15H,3-4H2,1-2H3,(H,25,28). The number of pyridine rings is 1. The van der Waals surface area contributed by atoms with Crippen molar-refractivity contribution in [3.63, 3.8) is 0 Å². The number of benzene rings is 2. The van der Waals surface area contributed by atoms with Crippen molar-refractivity contribution >= 4 is 28.4 Å². The fourth-order valence-electron chi connectivity index (χ4n) is 3.24. The Hall–Kier alpha value is -3.67. The average molecular weight is 386 g/mol. The third-order valence-electron chi connectivity index (χ3n) is 4.83. The molecule has 0 saturated heterocycles. The Morgan fingerprint density at radius 3 is 2.41 bits per heavy atom. The van der Waals surface area contributed by atoms with Gasteiger partial charge in [-0.05, 0) is 68.4 Å². The minimum atomic E-state index is -0.192. The molecule has 4 rings (SSSR count). The van der Waals surface area contributed by atoms with E-state index in [0.717, 1.165) is 18.7 Å². The third-order valence-corrected chi connectivity index (χ3v) is 4.83. The molecule has 0 spiro atoms. The van der Waals surface area contributed by atoms with Crippen LogP contribution in [0.5, 0.6) is 0 Å². The van der Waals surface area contributed by atoms with Gasteiger partial charge in [-0.2, -0.15) is 0 Å². The lowest BCUT2D eigenvalue weighted by Crippen LogP contribution is -2.21. The predicted molar refractivity (Wildman–Crippen MR) is 115 cm³/mol. The first-order valence-electron chi connectivity index (χ1n) is 9.65. The van der Waals surface area contributed by atoms with Gasteiger partial charge in [0.25, 0.3) is 5.91 Å². The van der Waals surface area contributed by atoms with Crippen LogP contribution < -0.4 is 10.2 Å². The smallest absolute Gasteiger partial charge is 0.255 e. The summed E-state index contributed by atoms with van der Waals surface area (Å²) in [6.07, 6.45) is 3.18. The number of oxazole rings is 1. The van der Waals surface area contributed by atoms with E-state index < -0.39 is 0 Å². The fraction of sp³-hybridized carbons (Fsp3) is 0.174. The van der Waals surface area contributed by atoms with E-state index in [9.17, 15) is 4.79 Å². The Kier molecular flexibility index (Phi) is 5.24. The molecule has 4 aromatic rings. The minimum absolute atomic E-state index is 0.192. The maximum absolute atomic E-state index is 12.3. The molecule has 0 saturated carbocycles. The third kappa shape index (κ3) is 3.96. The molecule has 0 aliphatic carbocycles. The zero-order chi connectivity index (χ0) is 20.2. The molecule has 0 atom stereocenters. The molecule has 2 heterocycles. The number of carbonyl (C=O) groups excluding carboxylic acids is 1. The molecule has 0 fully saturated rings. The van der Waals surface area contributed by atoms with Gasteiger partial charge in [-0.15, -0.1) is 0 Å². The topological polar surface area (TPSA) is 71.3 Å². The highest BCUT2D eigenvalue weighted by Gasteiger charge is 2.11. The van der Waals surface area contributed by atoms with Gasteiger partial charge in [0, 0.05) is 48.0 Å². The zero-order valence-electron chi connectivity index (χ0n) is 16.4. The summed E-state index contributed by atoms with van der Waals surface area (Å²) in [6.45, 7) is 6.21. The molecule has 146 valence electrons. The van der Waals surface area contributed by atoms with Gasteiger partial charge in [0.15, 0.2) is 5.58 Å². The molecule has 0 aliphatic rings. The number of aromatic nitrogens is 2. The average Bonchev–Trinajstić information content (AvgIpc) is 3.19. The molecule has 0 unspecified atom stereocenters. The van der Waals surface area contributed by atoms with Gasteiger partial charge in [-0.25, -0.2) is 4.98 Å². The van der Waals surface area contributed by atoms with Crippen molar-refractivity contribution in [1.29, 1.82) is 0 Å². The van der Waals surface area contributed by atoms with Gasteiger partial charge < -0.3 is 14.6 Å². The van der Waals surface area contributed by atoms with Gasteiger partial charge in [-0.1, -0.05) is 0 Å². The lowest BCUT2D eigenvalue weighted by molar-refractivity contribution is 0.102. The Bertz CT molecular complexity index is 1120. The minimum Gasteiger partial charge on any atom is -0.436 e. The van der Waals surface area contributed by atoms with Gasteiger partial charge >= 0.3 is 0 Å². The summed E-state index contributed by atoms with van der Waals surface area (Å²) in [4.78, 5) is 23.1. The van der Waals surface area contributed by atoms with Crippen LogP contribution in [0.2, 0.25) is 0 Å². The molecule has 0 bridgehead atoms. The van der Waals surface area contributed by atoms with E-state index in [1.807, 2.05) is 24.3 Å². The zero-order valence-corrected chi connectivity index (χ0v) is 16.4. The molecule has 6 nitrogen and oxygen atoms in total. The Morgan fingerprint density at radius 1 is 1.00 bits per heavy atom. The molecule has 1 amide bonds. The van der Waals surface area contributed by atoms with Crippen molar-refractivity contribution in [2.75, 3.05) is 23.3 Å². The number of amides is 1. The Balaban J connectivity index is 1.56. The highest BCUT2D eigenvalue weighted by Crippen LogP contribution is 2.28. The van der Waals surface area contributed by atoms with Crippen LogP contribution in [0.4, 0.5) is 11.4 Å². The number of hydrogen-bond acceptors (Lipinski definition) is 5. The van der Waals surface area contributed by atoms with Gasteiger partial charge in [0.05, 0.1) is 0 Å². The molecule has 2 aromatic heterocycles. The summed E-state index contributed by atoms with van der Waals surface area (Å²) in [6, 6.07) is 17.0. The second kappa shape index (κ2) is 8.14. The molecule has 2 aromatic carbocycles. The van der Waals surface area contributed by atoms with E-state index in [2.05, 4.69) is 46.2 Å². The monoisotopic (exact) mass is 386 g/mol. The first-order valence-corrected chi connectivity index (χ1v) is 9.65. The molecule has 0 aliphatic heterocycles. The van der Waals surface area contributed by atoms with Crippen molar-refractivity contribution in [3.8, 4) is 11.5 Å². The SMILES string of the molecule is CCN(CC)c1ccc(-c2nc3cc(NC(=O)c4ccncc4)ccc3o2)cc1. The molecule has 6 heteroatoms. The van der Waals surface area contributed by atoms with E-state index in [1.165, 1.54) is 5.69 Å². The second-order valence-electron chi connectivity index (χ2n) is 6.61. The van der Waals surface area contributed by atoms with E-state index in [1.54, 1.807) is 30.6 Å². The number of hydrogen-bond donors (Lipinski definition) is 1. The number of anilines is 2. The summed E-state index contributed by atoms with van der Waals surface area (Å²) < 4.78 is 5.91. The number of fused-ring (bicyclic) bond motifs is 1. The summed E-state index contributed by atoms with van der Waals surface area (Å²) >= 11 is 0. The summed E-state index contributed by atoms with van der Waals surface area (Å²) in [5.74, 6) is 0.367. The predicted octanol–water partition coefficient (Wildman–Crippen LogP) is 4.99. The van der Waals surface area contributed by atoms with Crippen LogP contribution in [-0.2, 0) is 0 Å². The lowest BCUT2D eigenvalue weighted by Gasteiger charge is -2.20.